The smallest absolute Gasteiger partial charge is 0.239 e. The van der Waals surface area contributed by atoms with E-state index >= 15 is 0 Å². The lowest BCUT2D eigenvalue weighted by Gasteiger charge is -2.09. The Kier molecular flexibility index (Phi) is 7.93. The zero-order valence-corrected chi connectivity index (χ0v) is 14.2. The van der Waals surface area contributed by atoms with Crippen molar-refractivity contribution in [2.75, 3.05) is 12.3 Å². The van der Waals surface area contributed by atoms with Crippen LogP contribution in [-0.2, 0) is 15.3 Å². The quantitative estimate of drug-likeness (QED) is 0.796. The van der Waals surface area contributed by atoms with Crippen molar-refractivity contribution in [3.63, 3.8) is 0 Å². The third kappa shape index (κ3) is 7.60. The van der Waals surface area contributed by atoms with Gasteiger partial charge < -0.3 is 10.6 Å². The van der Waals surface area contributed by atoms with Crippen molar-refractivity contribution in [1.29, 1.82) is 0 Å². The van der Waals surface area contributed by atoms with E-state index in [2.05, 4.69) is 10.6 Å². The van der Waals surface area contributed by atoms with Gasteiger partial charge in [0.1, 0.15) is 0 Å². The van der Waals surface area contributed by atoms with Crippen LogP contribution in [0.5, 0.6) is 0 Å². The van der Waals surface area contributed by atoms with Gasteiger partial charge in [-0.3, -0.25) is 9.59 Å². The van der Waals surface area contributed by atoms with Crippen molar-refractivity contribution >= 4 is 46.8 Å². The highest BCUT2D eigenvalue weighted by Crippen LogP contribution is 2.24. The maximum atomic E-state index is 11.6. The molecule has 0 fully saturated rings. The number of thioether (sulfide) groups is 1. The highest BCUT2D eigenvalue weighted by atomic mass is 35.5. The predicted molar refractivity (Wildman–Crippen MR) is 88.9 cm³/mol. The van der Waals surface area contributed by atoms with E-state index < -0.39 is 0 Å². The molecule has 0 aliphatic heterocycles. The van der Waals surface area contributed by atoms with E-state index in [4.69, 9.17) is 23.2 Å². The minimum atomic E-state index is -0.187. The summed E-state index contributed by atoms with van der Waals surface area (Å²) in [4.78, 5) is 22.9. The van der Waals surface area contributed by atoms with Crippen molar-refractivity contribution in [2.24, 2.45) is 0 Å². The minimum absolute atomic E-state index is 0.00431. The Morgan fingerprint density at radius 2 is 1.90 bits per heavy atom. The summed E-state index contributed by atoms with van der Waals surface area (Å²) in [5, 5.41) is 6.30. The summed E-state index contributed by atoms with van der Waals surface area (Å²) in [7, 11) is 0. The van der Waals surface area contributed by atoms with Crippen molar-refractivity contribution in [2.45, 2.75) is 25.6 Å². The van der Waals surface area contributed by atoms with Crippen LogP contribution in [0.4, 0.5) is 0 Å². The number of halogens is 2. The second-order valence-corrected chi connectivity index (χ2v) is 6.54. The molecule has 2 amide bonds. The van der Waals surface area contributed by atoms with Gasteiger partial charge >= 0.3 is 0 Å². The van der Waals surface area contributed by atoms with Gasteiger partial charge in [-0.1, -0.05) is 29.3 Å². The average molecular weight is 349 g/mol. The molecule has 0 atom stereocenters. The Morgan fingerprint density at radius 3 is 2.52 bits per heavy atom. The van der Waals surface area contributed by atoms with Gasteiger partial charge in [0, 0.05) is 11.8 Å². The van der Waals surface area contributed by atoms with Gasteiger partial charge in [0.05, 0.1) is 22.3 Å². The first-order chi connectivity index (χ1) is 9.88. The maximum absolute atomic E-state index is 11.6. The summed E-state index contributed by atoms with van der Waals surface area (Å²) in [5.74, 6) is 0.587. The molecular weight excluding hydrogens is 331 g/mol. The van der Waals surface area contributed by atoms with E-state index in [-0.39, 0.29) is 30.2 Å². The van der Waals surface area contributed by atoms with Crippen molar-refractivity contribution in [3.8, 4) is 0 Å². The first-order valence-corrected chi connectivity index (χ1v) is 8.37. The fourth-order valence-corrected chi connectivity index (χ4v) is 2.62. The number of rotatable bonds is 7. The Bertz CT molecular complexity index is 510. The predicted octanol–water partition coefficient (Wildman–Crippen LogP) is 2.87. The second-order valence-electron chi connectivity index (χ2n) is 4.74. The summed E-state index contributed by atoms with van der Waals surface area (Å²) in [6.07, 6.45) is 0. The molecule has 0 saturated carbocycles. The van der Waals surface area contributed by atoms with Crippen LogP contribution in [0.1, 0.15) is 19.4 Å². The van der Waals surface area contributed by atoms with Crippen molar-refractivity contribution in [1.82, 2.24) is 10.6 Å². The van der Waals surface area contributed by atoms with Crippen molar-refractivity contribution in [3.05, 3.63) is 33.8 Å². The number of benzene rings is 1. The lowest BCUT2D eigenvalue weighted by molar-refractivity contribution is -0.125. The normalized spacial score (nSPS) is 10.5. The fourth-order valence-electron chi connectivity index (χ4n) is 1.49. The molecule has 0 unspecified atom stereocenters. The molecule has 1 rings (SSSR count). The molecular formula is C14H18Cl2N2O2S. The van der Waals surface area contributed by atoms with Crippen LogP contribution in [0.15, 0.2) is 18.2 Å². The van der Waals surface area contributed by atoms with Crippen molar-refractivity contribution < 1.29 is 9.59 Å². The molecule has 0 aliphatic rings. The highest BCUT2D eigenvalue weighted by Gasteiger charge is 2.07. The third-order valence-electron chi connectivity index (χ3n) is 2.38. The summed E-state index contributed by atoms with van der Waals surface area (Å²) < 4.78 is 0. The minimum Gasteiger partial charge on any atom is -0.352 e. The van der Waals surface area contributed by atoms with Gasteiger partial charge in [0.15, 0.2) is 0 Å². The van der Waals surface area contributed by atoms with Gasteiger partial charge in [0.25, 0.3) is 0 Å². The zero-order chi connectivity index (χ0) is 15.8. The van der Waals surface area contributed by atoms with Gasteiger partial charge in [-0.2, -0.15) is 0 Å². The lowest BCUT2D eigenvalue weighted by atomic mass is 10.2. The molecule has 0 spiro atoms. The second kappa shape index (κ2) is 9.18. The van der Waals surface area contributed by atoms with Crippen LogP contribution in [0.25, 0.3) is 0 Å². The number of carbonyl (C=O) groups excluding carboxylic acids is 2. The molecule has 0 radical (unpaired) electrons. The van der Waals surface area contributed by atoms with Crippen LogP contribution < -0.4 is 10.6 Å². The van der Waals surface area contributed by atoms with Gasteiger partial charge in [0.2, 0.25) is 11.8 Å². The Morgan fingerprint density at radius 1 is 1.19 bits per heavy atom. The molecule has 116 valence electrons. The largest absolute Gasteiger partial charge is 0.352 e. The van der Waals surface area contributed by atoms with Crippen LogP contribution in [-0.4, -0.2) is 30.2 Å². The highest BCUT2D eigenvalue weighted by molar-refractivity contribution is 7.99. The maximum Gasteiger partial charge on any atom is 0.239 e. The molecule has 7 heteroatoms. The molecule has 0 heterocycles. The zero-order valence-electron chi connectivity index (χ0n) is 11.9. The Hall–Kier alpha value is -0.910. The van der Waals surface area contributed by atoms with E-state index in [0.29, 0.717) is 15.8 Å². The SMILES string of the molecule is CC(C)NC(=O)CNC(=O)CSCc1ccc(Cl)c(Cl)c1. The molecule has 0 saturated heterocycles. The van der Waals surface area contributed by atoms with Gasteiger partial charge in [-0.15, -0.1) is 11.8 Å². The van der Waals surface area contributed by atoms with Crippen LogP contribution >= 0.6 is 35.0 Å². The molecule has 2 N–H and O–H groups in total. The fraction of sp³-hybridized carbons (Fsp3) is 0.429. The van der Waals surface area contributed by atoms with Crippen LogP contribution in [0, 0.1) is 0 Å². The topological polar surface area (TPSA) is 58.2 Å². The lowest BCUT2D eigenvalue weighted by Crippen LogP contribution is -2.40. The molecule has 1 aromatic rings. The molecule has 1 aromatic carbocycles. The van der Waals surface area contributed by atoms with E-state index in [9.17, 15) is 9.59 Å². The van der Waals surface area contributed by atoms with E-state index in [0.717, 1.165) is 5.56 Å². The molecule has 21 heavy (non-hydrogen) atoms. The standard InChI is InChI=1S/C14H18Cl2N2O2S/c1-9(2)18-13(19)6-17-14(20)8-21-7-10-3-4-11(15)12(16)5-10/h3-5,9H,6-8H2,1-2H3,(H,17,20)(H,18,19). The summed E-state index contributed by atoms with van der Waals surface area (Å²) in [5.41, 5.74) is 1.000. The summed E-state index contributed by atoms with van der Waals surface area (Å²) in [6.45, 7) is 3.74. The van der Waals surface area contributed by atoms with Gasteiger partial charge in [-0.25, -0.2) is 0 Å². The Labute approximate surface area is 139 Å². The number of amides is 2. The number of nitrogens with one attached hydrogen (secondary N) is 2. The summed E-state index contributed by atoms with van der Waals surface area (Å²) >= 11 is 13.2. The first-order valence-electron chi connectivity index (χ1n) is 6.46. The molecule has 0 aliphatic carbocycles. The first kappa shape index (κ1) is 18.1. The van der Waals surface area contributed by atoms with E-state index in [1.165, 1.54) is 11.8 Å². The number of carbonyl (C=O) groups is 2. The monoisotopic (exact) mass is 348 g/mol. The molecule has 4 nitrogen and oxygen atoms in total. The van der Waals surface area contributed by atoms with Crippen LogP contribution in [0.3, 0.4) is 0 Å². The van der Waals surface area contributed by atoms with E-state index in [1.54, 1.807) is 12.1 Å². The number of hydrogen-bond donors (Lipinski definition) is 2. The van der Waals surface area contributed by atoms with E-state index in [1.807, 2.05) is 19.9 Å². The van der Waals surface area contributed by atoms with Gasteiger partial charge in [-0.05, 0) is 31.5 Å². The average Bonchev–Trinajstić information content (AvgIpc) is 2.40. The third-order valence-corrected chi connectivity index (χ3v) is 4.12. The van der Waals surface area contributed by atoms with Crippen LogP contribution in [0.2, 0.25) is 10.0 Å². The Balaban J connectivity index is 2.24. The molecule has 0 aromatic heterocycles. The molecule has 0 bridgehead atoms. The summed E-state index contributed by atoms with van der Waals surface area (Å²) in [6, 6.07) is 5.45. The number of hydrogen-bond acceptors (Lipinski definition) is 3.